The zero-order valence-electron chi connectivity index (χ0n) is 13.4. The monoisotopic (exact) mass is 340 g/mol. The van der Waals surface area contributed by atoms with Crippen LogP contribution in [-0.2, 0) is 9.59 Å². The van der Waals surface area contributed by atoms with Gasteiger partial charge in [-0.05, 0) is 37.1 Å². The van der Waals surface area contributed by atoms with Gasteiger partial charge in [0, 0.05) is 11.3 Å². The number of rotatable bonds is 12. The molecule has 0 aliphatic carbocycles. The molecular formula is C17H24O5S. The highest BCUT2D eigenvalue weighted by atomic mass is 32.2. The van der Waals surface area contributed by atoms with E-state index in [4.69, 9.17) is 14.9 Å². The molecule has 2 N–H and O–H groups in total. The van der Waals surface area contributed by atoms with E-state index in [2.05, 4.69) is 0 Å². The van der Waals surface area contributed by atoms with E-state index in [1.165, 1.54) is 0 Å². The van der Waals surface area contributed by atoms with Crippen LogP contribution in [0, 0.1) is 0 Å². The third-order valence-corrected chi connectivity index (χ3v) is 4.45. The summed E-state index contributed by atoms with van der Waals surface area (Å²) < 4.78 is 5.59. The molecule has 0 saturated heterocycles. The number of carbonyl (C=O) groups is 2. The Balaban J connectivity index is 2.39. The summed E-state index contributed by atoms with van der Waals surface area (Å²) in [6.07, 6.45) is 3.45. The highest BCUT2D eigenvalue weighted by Crippen LogP contribution is 2.31. The molecule has 0 aromatic heterocycles. The van der Waals surface area contributed by atoms with E-state index < -0.39 is 18.0 Å². The van der Waals surface area contributed by atoms with Gasteiger partial charge in [0.25, 0.3) is 0 Å². The lowest BCUT2D eigenvalue weighted by Gasteiger charge is -2.16. The maximum absolute atomic E-state index is 11.1. The highest BCUT2D eigenvalue weighted by molar-refractivity contribution is 7.99. The fourth-order valence-electron chi connectivity index (χ4n) is 2.04. The number of hydrogen-bond donors (Lipinski definition) is 2. The van der Waals surface area contributed by atoms with E-state index in [0.717, 1.165) is 36.3 Å². The summed E-state index contributed by atoms with van der Waals surface area (Å²) in [5.74, 6) is -0.185. The molecule has 0 fully saturated rings. The standard InChI is InChI=1S/C17H24O5S/c1-2-13(17(20)21)22-14-9-6-7-10-15(14)23-12-8-4-3-5-11-16(18)19/h6-7,9-10,13H,2-5,8,11-12H2,1H3,(H,18,19)(H,20,21). The number of hydrogen-bond acceptors (Lipinski definition) is 4. The fourth-order valence-corrected chi connectivity index (χ4v) is 3.04. The first-order valence-corrected chi connectivity index (χ1v) is 8.86. The summed E-state index contributed by atoms with van der Waals surface area (Å²) in [7, 11) is 0. The topological polar surface area (TPSA) is 83.8 Å². The maximum atomic E-state index is 11.1. The van der Waals surface area contributed by atoms with Crippen molar-refractivity contribution < 1.29 is 24.5 Å². The van der Waals surface area contributed by atoms with Gasteiger partial charge >= 0.3 is 11.9 Å². The Morgan fingerprint density at radius 3 is 2.48 bits per heavy atom. The maximum Gasteiger partial charge on any atom is 0.344 e. The Morgan fingerprint density at radius 2 is 1.83 bits per heavy atom. The number of ether oxygens (including phenoxy) is 1. The average Bonchev–Trinajstić information content (AvgIpc) is 2.52. The molecule has 23 heavy (non-hydrogen) atoms. The van der Waals surface area contributed by atoms with Crippen LogP contribution >= 0.6 is 11.8 Å². The van der Waals surface area contributed by atoms with Crippen molar-refractivity contribution >= 4 is 23.7 Å². The Morgan fingerprint density at radius 1 is 1.13 bits per heavy atom. The van der Waals surface area contributed by atoms with Crippen LogP contribution in [0.15, 0.2) is 29.2 Å². The highest BCUT2D eigenvalue weighted by Gasteiger charge is 2.18. The van der Waals surface area contributed by atoms with E-state index in [1.54, 1.807) is 24.8 Å². The first-order valence-electron chi connectivity index (χ1n) is 7.87. The summed E-state index contributed by atoms with van der Waals surface area (Å²) in [6.45, 7) is 1.78. The van der Waals surface area contributed by atoms with Crippen molar-refractivity contribution in [1.29, 1.82) is 0 Å². The molecule has 0 amide bonds. The van der Waals surface area contributed by atoms with Gasteiger partial charge in [-0.1, -0.05) is 31.9 Å². The molecule has 1 atom stereocenters. The SMILES string of the molecule is CCC(Oc1ccccc1SCCCCCCC(=O)O)C(=O)O. The number of aliphatic carboxylic acids is 2. The van der Waals surface area contributed by atoms with Crippen LogP contribution in [0.5, 0.6) is 5.75 Å². The summed E-state index contributed by atoms with van der Waals surface area (Å²) in [4.78, 5) is 22.4. The lowest BCUT2D eigenvalue weighted by Crippen LogP contribution is -2.26. The zero-order chi connectivity index (χ0) is 17.1. The molecule has 0 bridgehead atoms. The van der Waals surface area contributed by atoms with Gasteiger partial charge in [-0.2, -0.15) is 0 Å². The van der Waals surface area contributed by atoms with Crippen LogP contribution < -0.4 is 4.74 Å². The molecule has 6 heteroatoms. The smallest absolute Gasteiger partial charge is 0.344 e. The lowest BCUT2D eigenvalue weighted by molar-refractivity contribution is -0.145. The van der Waals surface area contributed by atoms with E-state index in [0.29, 0.717) is 12.2 Å². The molecule has 128 valence electrons. The predicted molar refractivity (Wildman–Crippen MR) is 90.2 cm³/mol. The van der Waals surface area contributed by atoms with Crippen molar-refractivity contribution in [2.75, 3.05) is 5.75 Å². The van der Waals surface area contributed by atoms with Crippen molar-refractivity contribution in [3.63, 3.8) is 0 Å². The molecule has 0 spiro atoms. The van der Waals surface area contributed by atoms with E-state index in [-0.39, 0.29) is 6.42 Å². The number of thioether (sulfide) groups is 1. The van der Waals surface area contributed by atoms with Gasteiger partial charge < -0.3 is 14.9 Å². The minimum absolute atomic E-state index is 0.234. The minimum Gasteiger partial charge on any atom is -0.481 e. The summed E-state index contributed by atoms with van der Waals surface area (Å²) in [5.41, 5.74) is 0. The molecule has 1 aromatic rings. The van der Waals surface area contributed by atoms with Crippen LogP contribution in [0.1, 0.15) is 45.4 Å². The fraction of sp³-hybridized carbons (Fsp3) is 0.529. The van der Waals surface area contributed by atoms with Crippen molar-refractivity contribution in [2.45, 2.75) is 56.4 Å². The van der Waals surface area contributed by atoms with Crippen LogP contribution in [0.25, 0.3) is 0 Å². The van der Waals surface area contributed by atoms with Crippen molar-refractivity contribution in [1.82, 2.24) is 0 Å². The molecule has 1 unspecified atom stereocenters. The number of para-hydroxylation sites is 1. The van der Waals surface area contributed by atoms with Crippen LogP contribution in [0.4, 0.5) is 0 Å². The lowest BCUT2D eigenvalue weighted by atomic mass is 10.2. The quantitative estimate of drug-likeness (QED) is 0.441. The van der Waals surface area contributed by atoms with Gasteiger partial charge in [0.1, 0.15) is 5.75 Å². The average molecular weight is 340 g/mol. The molecule has 0 heterocycles. The van der Waals surface area contributed by atoms with Gasteiger partial charge in [-0.15, -0.1) is 11.8 Å². The molecule has 5 nitrogen and oxygen atoms in total. The van der Waals surface area contributed by atoms with Gasteiger partial charge in [-0.3, -0.25) is 4.79 Å². The normalized spacial score (nSPS) is 11.9. The minimum atomic E-state index is -0.953. The first kappa shape index (κ1) is 19.4. The molecule has 0 radical (unpaired) electrons. The summed E-state index contributed by atoms with van der Waals surface area (Å²) >= 11 is 1.64. The first-order chi connectivity index (χ1) is 11.0. The molecule has 1 aromatic carbocycles. The van der Waals surface area contributed by atoms with Gasteiger partial charge in [0.05, 0.1) is 0 Å². The third kappa shape index (κ3) is 7.93. The second kappa shape index (κ2) is 10.9. The van der Waals surface area contributed by atoms with Crippen molar-refractivity contribution in [3.05, 3.63) is 24.3 Å². The Hall–Kier alpha value is -1.69. The second-order valence-corrected chi connectivity index (χ2v) is 6.34. The number of carboxylic acid groups (broad SMARTS) is 2. The molecule has 0 aliphatic heterocycles. The molecule has 1 rings (SSSR count). The van der Waals surface area contributed by atoms with Crippen LogP contribution in [0.2, 0.25) is 0 Å². The molecule has 0 saturated carbocycles. The Kier molecular flexibility index (Phi) is 9.21. The third-order valence-electron chi connectivity index (χ3n) is 3.31. The van der Waals surface area contributed by atoms with Crippen LogP contribution in [0.3, 0.4) is 0 Å². The van der Waals surface area contributed by atoms with Crippen molar-refractivity contribution in [3.8, 4) is 5.75 Å². The Labute approximate surface area is 141 Å². The van der Waals surface area contributed by atoms with Gasteiger partial charge in [0.15, 0.2) is 6.10 Å². The summed E-state index contributed by atoms with van der Waals surface area (Å²) in [6, 6.07) is 7.46. The van der Waals surface area contributed by atoms with Gasteiger partial charge in [-0.25, -0.2) is 4.79 Å². The van der Waals surface area contributed by atoms with Crippen molar-refractivity contribution in [2.24, 2.45) is 0 Å². The van der Waals surface area contributed by atoms with Gasteiger partial charge in [0.2, 0.25) is 0 Å². The second-order valence-electron chi connectivity index (χ2n) is 5.21. The largest absolute Gasteiger partial charge is 0.481 e. The number of unbranched alkanes of at least 4 members (excludes halogenated alkanes) is 3. The number of carboxylic acids is 2. The van der Waals surface area contributed by atoms with Crippen LogP contribution in [-0.4, -0.2) is 34.0 Å². The van der Waals surface area contributed by atoms with E-state index in [9.17, 15) is 9.59 Å². The molecule has 0 aliphatic rings. The van der Waals surface area contributed by atoms with E-state index in [1.807, 2.05) is 18.2 Å². The number of benzene rings is 1. The Bertz CT molecular complexity index is 504. The predicted octanol–water partition coefficient (Wildman–Crippen LogP) is 4.06. The van der Waals surface area contributed by atoms with E-state index >= 15 is 0 Å². The summed E-state index contributed by atoms with van der Waals surface area (Å²) in [5, 5.41) is 17.7. The zero-order valence-corrected chi connectivity index (χ0v) is 14.2. The molecular weight excluding hydrogens is 316 g/mol.